The Bertz CT molecular complexity index is 1220. The quantitative estimate of drug-likeness (QED) is 0.296. The predicted octanol–water partition coefficient (Wildman–Crippen LogP) is 4.93. The highest BCUT2D eigenvalue weighted by Crippen LogP contribution is 2.37. The molecule has 0 saturated heterocycles. The number of rotatable bonds is 11. The van der Waals surface area contributed by atoms with Gasteiger partial charge < -0.3 is 14.8 Å². The zero-order valence-electron chi connectivity index (χ0n) is 19.6. The molecule has 0 radical (unpaired) electrons. The van der Waals surface area contributed by atoms with Crippen LogP contribution in [0.15, 0.2) is 47.4 Å². The van der Waals surface area contributed by atoms with Gasteiger partial charge in [0, 0.05) is 17.8 Å². The number of ether oxygens (including phenoxy) is 2. The van der Waals surface area contributed by atoms with E-state index in [2.05, 4.69) is 14.8 Å². The fourth-order valence-corrected chi connectivity index (χ4v) is 5.57. The molecule has 0 bridgehead atoms. The molecule has 0 heterocycles. The number of benzene rings is 2. The second kappa shape index (κ2) is 11.7. The molecule has 2 N–H and O–H groups in total. The number of alkyl halides is 2. The minimum absolute atomic E-state index is 0.000459. The molecule has 2 atom stereocenters. The van der Waals surface area contributed by atoms with Crippen LogP contribution in [0.25, 0.3) is 0 Å². The van der Waals surface area contributed by atoms with E-state index in [0.717, 1.165) is 37.1 Å². The molecule has 196 valence electrons. The summed E-state index contributed by atoms with van der Waals surface area (Å²) in [5, 5.41) is 2.49. The van der Waals surface area contributed by atoms with Gasteiger partial charge in [0.2, 0.25) is 11.0 Å². The zero-order chi connectivity index (χ0) is 26.5. The van der Waals surface area contributed by atoms with Crippen molar-refractivity contribution in [2.75, 3.05) is 22.9 Å². The van der Waals surface area contributed by atoms with E-state index in [1.54, 1.807) is 13.2 Å². The van der Waals surface area contributed by atoms with E-state index in [0.29, 0.717) is 0 Å². The van der Waals surface area contributed by atoms with Crippen molar-refractivity contribution in [2.45, 2.75) is 36.9 Å². The SMILES string of the molecule is CCOc1cc(NC(=O)C(C(=O)SC)C2CCC2)ccc1S(=O)(=O)Nc1cccc(OC(F)(F)P)c1. The lowest BCUT2D eigenvalue weighted by Crippen LogP contribution is -2.37. The van der Waals surface area contributed by atoms with E-state index in [4.69, 9.17) is 4.74 Å². The summed E-state index contributed by atoms with van der Waals surface area (Å²) in [5.41, 5.74) is 0.277. The van der Waals surface area contributed by atoms with Crippen molar-refractivity contribution in [3.63, 3.8) is 0 Å². The molecule has 1 fully saturated rings. The Morgan fingerprint density at radius 2 is 1.92 bits per heavy atom. The van der Waals surface area contributed by atoms with Crippen LogP contribution in [0.4, 0.5) is 20.2 Å². The lowest BCUT2D eigenvalue weighted by Gasteiger charge is -2.31. The molecule has 36 heavy (non-hydrogen) atoms. The fourth-order valence-electron chi connectivity index (χ4n) is 3.70. The third kappa shape index (κ3) is 7.30. The first-order valence-corrected chi connectivity index (χ1v) is 14.4. The monoisotopic (exact) mass is 560 g/mol. The number of carbonyl (C=O) groups is 2. The van der Waals surface area contributed by atoms with Gasteiger partial charge >= 0.3 is 5.85 Å². The molecule has 0 aromatic heterocycles. The van der Waals surface area contributed by atoms with Crippen molar-refractivity contribution in [1.29, 1.82) is 0 Å². The van der Waals surface area contributed by atoms with E-state index < -0.39 is 27.7 Å². The molecule has 2 unspecified atom stereocenters. The first kappa shape index (κ1) is 28.1. The van der Waals surface area contributed by atoms with Gasteiger partial charge in [0.15, 0.2) is 0 Å². The molecule has 13 heteroatoms. The fraction of sp³-hybridized carbons (Fsp3) is 0.391. The van der Waals surface area contributed by atoms with Crippen molar-refractivity contribution >= 4 is 53.4 Å². The van der Waals surface area contributed by atoms with Gasteiger partial charge in [-0.05, 0) is 65.4 Å². The van der Waals surface area contributed by atoms with Crippen molar-refractivity contribution in [3.8, 4) is 11.5 Å². The molecule has 1 aliphatic rings. The van der Waals surface area contributed by atoms with Crippen molar-refractivity contribution in [2.24, 2.45) is 11.8 Å². The molecule has 3 rings (SSSR count). The molecular formula is C23H27F2N2O6PS2. The molecular weight excluding hydrogens is 533 g/mol. The highest BCUT2D eigenvalue weighted by Gasteiger charge is 2.37. The number of halogens is 2. The highest BCUT2D eigenvalue weighted by molar-refractivity contribution is 8.13. The van der Waals surface area contributed by atoms with Crippen LogP contribution < -0.4 is 19.5 Å². The summed E-state index contributed by atoms with van der Waals surface area (Å²) in [6.07, 6.45) is 4.21. The minimum Gasteiger partial charge on any atom is -0.492 e. The highest BCUT2D eigenvalue weighted by atomic mass is 32.2. The summed E-state index contributed by atoms with van der Waals surface area (Å²) in [6, 6.07) is 9.14. The van der Waals surface area contributed by atoms with E-state index in [1.165, 1.54) is 45.6 Å². The molecule has 1 aliphatic carbocycles. The maximum absolute atomic E-state index is 13.1. The van der Waals surface area contributed by atoms with Crippen LogP contribution in [0, 0.1) is 11.8 Å². The molecule has 1 amide bonds. The molecule has 2 aromatic carbocycles. The summed E-state index contributed by atoms with van der Waals surface area (Å²) >= 11 is 1.01. The van der Waals surface area contributed by atoms with Gasteiger partial charge in [-0.25, -0.2) is 8.42 Å². The summed E-state index contributed by atoms with van der Waals surface area (Å²) in [7, 11) is -2.97. The molecule has 8 nitrogen and oxygen atoms in total. The lowest BCUT2D eigenvalue weighted by molar-refractivity contribution is -0.130. The number of amides is 1. The molecule has 0 aliphatic heterocycles. The van der Waals surface area contributed by atoms with Crippen LogP contribution in [0.2, 0.25) is 0 Å². The van der Waals surface area contributed by atoms with Gasteiger partial charge in [0.1, 0.15) is 22.3 Å². The second-order valence-electron chi connectivity index (χ2n) is 8.07. The number of hydrogen-bond donors (Lipinski definition) is 2. The van der Waals surface area contributed by atoms with E-state index in [1.807, 2.05) is 0 Å². The topological polar surface area (TPSA) is 111 Å². The van der Waals surface area contributed by atoms with Gasteiger partial charge in [0.25, 0.3) is 10.0 Å². The van der Waals surface area contributed by atoms with E-state index in [9.17, 15) is 26.8 Å². The van der Waals surface area contributed by atoms with Crippen LogP contribution in [0.3, 0.4) is 0 Å². The summed E-state index contributed by atoms with van der Waals surface area (Å²) in [6.45, 7) is 1.81. The molecule has 0 spiro atoms. The minimum atomic E-state index is -4.21. The van der Waals surface area contributed by atoms with Gasteiger partial charge in [-0.3, -0.25) is 14.3 Å². The number of carbonyl (C=O) groups excluding carboxylic acids is 2. The van der Waals surface area contributed by atoms with Crippen LogP contribution in [0.1, 0.15) is 26.2 Å². The standard InChI is InChI=1S/C23H27F2N2O6PS2/c1-3-32-18-13-15(26-21(28)20(22(29)35-2)14-6-4-7-14)10-11-19(18)36(30,31)27-16-8-5-9-17(12-16)33-23(24,25)34/h5,8-14,20,27H,3-4,6-7,34H2,1-2H3,(H,26,28). The summed E-state index contributed by atoms with van der Waals surface area (Å²) in [5.74, 6) is -5.01. The number of thioether (sulfide) groups is 1. The largest absolute Gasteiger partial charge is 0.492 e. The summed E-state index contributed by atoms with van der Waals surface area (Å²) in [4.78, 5) is 25.0. The maximum atomic E-state index is 13.1. The second-order valence-corrected chi connectivity index (χ2v) is 11.2. The van der Waals surface area contributed by atoms with Crippen LogP contribution in [-0.2, 0) is 19.6 Å². The van der Waals surface area contributed by atoms with Crippen LogP contribution in [0.5, 0.6) is 11.5 Å². The lowest BCUT2D eigenvalue weighted by atomic mass is 9.76. The van der Waals surface area contributed by atoms with Gasteiger partial charge in [-0.2, -0.15) is 8.78 Å². The van der Waals surface area contributed by atoms with Crippen molar-refractivity contribution < 1.29 is 36.3 Å². The van der Waals surface area contributed by atoms with Crippen molar-refractivity contribution in [1.82, 2.24) is 0 Å². The first-order chi connectivity index (χ1) is 16.9. The Labute approximate surface area is 215 Å². The van der Waals surface area contributed by atoms with E-state index in [-0.39, 0.29) is 45.4 Å². The number of nitrogens with one attached hydrogen (secondary N) is 2. The smallest absolute Gasteiger partial charge is 0.408 e. The van der Waals surface area contributed by atoms with Gasteiger partial charge in [-0.15, -0.1) is 0 Å². The first-order valence-electron chi connectivity index (χ1n) is 11.1. The molecule has 2 aromatic rings. The Balaban J connectivity index is 1.83. The van der Waals surface area contributed by atoms with Gasteiger partial charge in [-0.1, -0.05) is 24.2 Å². The number of anilines is 2. The van der Waals surface area contributed by atoms with Gasteiger partial charge in [0.05, 0.1) is 12.3 Å². The van der Waals surface area contributed by atoms with Crippen LogP contribution in [-0.4, -0.2) is 38.2 Å². The number of sulfonamides is 1. The zero-order valence-corrected chi connectivity index (χ0v) is 22.4. The third-order valence-electron chi connectivity index (χ3n) is 5.50. The van der Waals surface area contributed by atoms with Crippen molar-refractivity contribution in [3.05, 3.63) is 42.5 Å². The molecule has 1 saturated carbocycles. The average Bonchev–Trinajstić information content (AvgIpc) is 2.74. The maximum Gasteiger partial charge on any atom is 0.408 e. The van der Waals surface area contributed by atoms with Crippen LogP contribution >= 0.6 is 21.0 Å². The Hall–Kier alpha value is -2.43. The summed E-state index contributed by atoms with van der Waals surface area (Å²) < 4.78 is 64.7. The normalized spacial score (nSPS) is 14.9. The third-order valence-corrected chi connectivity index (χ3v) is 7.69. The van der Waals surface area contributed by atoms with E-state index >= 15 is 0 Å². The Morgan fingerprint density at radius 3 is 2.50 bits per heavy atom. The number of hydrogen-bond acceptors (Lipinski definition) is 7. The Morgan fingerprint density at radius 1 is 1.19 bits per heavy atom. The predicted molar refractivity (Wildman–Crippen MR) is 138 cm³/mol. The average molecular weight is 561 g/mol. The Kier molecular flexibility index (Phi) is 9.18.